The fourth-order valence-electron chi connectivity index (χ4n) is 4.69. The molecule has 7 nitrogen and oxygen atoms in total. The molecule has 3 aromatic heterocycles. The third kappa shape index (κ3) is 3.34. The highest BCUT2D eigenvalue weighted by Gasteiger charge is 2.35. The number of oxazole rings is 1. The molecule has 2 aliphatic rings. The Kier molecular flexibility index (Phi) is 4.40. The van der Waals surface area contributed by atoms with Gasteiger partial charge in [0.05, 0.1) is 41.8 Å². The number of fused-ring (bicyclic) bond motifs is 2. The molecule has 0 radical (unpaired) electrons. The molecular weight excluding hydrogens is 390 g/mol. The zero-order valence-electron chi connectivity index (χ0n) is 17.8. The van der Waals surface area contributed by atoms with Crippen LogP contribution >= 0.6 is 0 Å². The molecule has 0 N–H and O–H groups in total. The van der Waals surface area contributed by atoms with Gasteiger partial charge >= 0.3 is 0 Å². The molecule has 4 aromatic rings. The van der Waals surface area contributed by atoms with Gasteiger partial charge < -0.3 is 14.1 Å². The Morgan fingerprint density at radius 3 is 2.77 bits per heavy atom. The van der Waals surface area contributed by atoms with Crippen molar-refractivity contribution < 1.29 is 9.15 Å². The summed E-state index contributed by atoms with van der Waals surface area (Å²) in [6.07, 6.45) is 1.97. The summed E-state index contributed by atoms with van der Waals surface area (Å²) in [5, 5.41) is 0. The summed E-state index contributed by atoms with van der Waals surface area (Å²) in [6, 6.07) is 13.3. The number of hydrogen-bond donors (Lipinski definition) is 0. The van der Waals surface area contributed by atoms with Crippen LogP contribution in [0.4, 0.5) is 5.69 Å². The Bertz CT molecular complexity index is 1260. The van der Waals surface area contributed by atoms with Crippen LogP contribution in [0.25, 0.3) is 33.4 Å². The second-order valence-electron chi connectivity index (χ2n) is 8.56. The summed E-state index contributed by atoms with van der Waals surface area (Å²) in [7, 11) is 0. The minimum absolute atomic E-state index is 0.491. The molecule has 0 spiro atoms. The number of rotatable bonds is 3. The van der Waals surface area contributed by atoms with Gasteiger partial charge in [0, 0.05) is 44.2 Å². The highest BCUT2D eigenvalue weighted by Crippen LogP contribution is 2.29. The van der Waals surface area contributed by atoms with E-state index in [-0.39, 0.29) is 0 Å². The second kappa shape index (κ2) is 7.28. The van der Waals surface area contributed by atoms with E-state index in [0.29, 0.717) is 18.0 Å². The molecule has 0 aliphatic carbocycles. The van der Waals surface area contributed by atoms with Gasteiger partial charge in [0.1, 0.15) is 5.52 Å². The molecule has 2 fully saturated rings. The maximum atomic E-state index is 5.59. The van der Waals surface area contributed by atoms with E-state index in [2.05, 4.69) is 32.8 Å². The van der Waals surface area contributed by atoms with Crippen molar-refractivity contribution in [1.29, 1.82) is 0 Å². The maximum Gasteiger partial charge on any atom is 0.192 e. The largest absolute Gasteiger partial charge is 0.441 e. The molecule has 0 amide bonds. The number of ether oxygens (including phenoxy) is 1. The zero-order valence-corrected chi connectivity index (χ0v) is 17.8. The van der Waals surface area contributed by atoms with Gasteiger partial charge in [0.15, 0.2) is 11.5 Å². The van der Waals surface area contributed by atoms with Crippen LogP contribution in [0.3, 0.4) is 0 Å². The van der Waals surface area contributed by atoms with Gasteiger partial charge in [-0.05, 0) is 43.3 Å². The van der Waals surface area contributed by atoms with Gasteiger partial charge in [-0.15, -0.1) is 0 Å². The standard InChI is InChI=1S/C24H25N5O2/c1-15-14-30-8-7-29(15)19-12-28(13-19)18-10-22-21(25-11-18)5-4-20(27-22)17-3-6-24-23(9-17)26-16(2)31-24/h3-6,9-11,15,19H,7-8,12-14H2,1-2H3/t15-/m1/s1. The van der Waals surface area contributed by atoms with Gasteiger partial charge in [-0.2, -0.15) is 0 Å². The summed E-state index contributed by atoms with van der Waals surface area (Å²) in [4.78, 5) is 19.0. The first kappa shape index (κ1) is 18.7. The van der Waals surface area contributed by atoms with Gasteiger partial charge in [0.25, 0.3) is 0 Å². The number of aryl methyl sites for hydroxylation is 1. The Hall–Kier alpha value is -3.03. The van der Waals surface area contributed by atoms with Crippen molar-refractivity contribution in [2.75, 3.05) is 37.7 Å². The van der Waals surface area contributed by atoms with Crippen LogP contribution < -0.4 is 4.90 Å². The van der Waals surface area contributed by atoms with Crippen molar-refractivity contribution in [1.82, 2.24) is 19.9 Å². The lowest BCUT2D eigenvalue weighted by atomic mass is 10.0. The average Bonchev–Trinajstić information content (AvgIpc) is 3.12. The quantitative estimate of drug-likeness (QED) is 0.506. The lowest BCUT2D eigenvalue weighted by molar-refractivity contribution is -0.0274. The Balaban J connectivity index is 1.25. The number of hydrogen-bond acceptors (Lipinski definition) is 7. The van der Waals surface area contributed by atoms with E-state index in [1.165, 1.54) is 0 Å². The molecule has 0 unspecified atom stereocenters. The molecule has 0 bridgehead atoms. The van der Waals surface area contributed by atoms with Gasteiger partial charge in [-0.3, -0.25) is 9.88 Å². The molecule has 7 heteroatoms. The van der Waals surface area contributed by atoms with Crippen LogP contribution in [0.1, 0.15) is 12.8 Å². The highest BCUT2D eigenvalue weighted by molar-refractivity contribution is 5.84. The summed E-state index contributed by atoms with van der Waals surface area (Å²) in [5.41, 5.74) is 6.55. The van der Waals surface area contributed by atoms with Crippen LogP contribution in [0.2, 0.25) is 0 Å². The average molecular weight is 415 g/mol. The molecule has 1 aromatic carbocycles. The van der Waals surface area contributed by atoms with Crippen molar-refractivity contribution in [3.63, 3.8) is 0 Å². The normalized spacial score (nSPS) is 20.5. The number of aromatic nitrogens is 3. The number of pyridine rings is 2. The molecule has 2 saturated heterocycles. The molecule has 2 aliphatic heterocycles. The van der Waals surface area contributed by atoms with Crippen molar-refractivity contribution in [2.45, 2.75) is 25.9 Å². The number of anilines is 1. The minimum atomic E-state index is 0.491. The third-order valence-electron chi connectivity index (χ3n) is 6.43. The molecule has 1 atom stereocenters. The van der Waals surface area contributed by atoms with E-state index < -0.39 is 0 Å². The molecule has 31 heavy (non-hydrogen) atoms. The zero-order chi connectivity index (χ0) is 20.9. The summed E-state index contributed by atoms with van der Waals surface area (Å²) in [6.45, 7) is 8.86. The summed E-state index contributed by atoms with van der Waals surface area (Å²) < 4.78 is 11.2. The summed E-state index contributed by atoms with van der Waals surface area (Å²) in [5.74, 6) is 0.673. The van der Waals surface area contributed by atoms with Crippen LogP contribution in [-0.4, -0.2) is 64.8 Å². The van der Waals surface area contributed by atoms with Crippen LogP contribution in [-0.2, 0) is 4.74 Å². The third-order valence-corrected chi connectivity index (χ3v) is 6.43. The maximum absolute atomic E-state index is 5.59. The van der Waals surface area contributed by atoms with Crippen LogP contribution in [0.5, 0.6) is 0 Å². The first-order valence-corrected chi connectivity index (χ1v) is 10.9. The Morgan fingerprint density at radius 2 is 1.90 bits per heavy atom. The predicted octanol–water partition coefficient (Wildman–Crippen LogP) is 3.66. The molecular formula is C24H25N5O2. The first-order valence-electron chi connectivity index (χ1n) is 10.9. The number of nitrogens with zero attached hydrogens (tertiary/aromatic N) is 5. The monoisotopic (exact) mass is 415 g/mol. The lowest BCUT2D eigenvalue weighted by Crippen LogP contribution is -2.63. The van der Waals surface area contributed by atoms with Gasteiger partial charge in [0.2, 0.25) is 0 Å². The molecule has 6 rings (SSSR count). The molecule has 0 saturated carbocycles. The van der Waals surface area contributed by atoms with Crippen LogP contribution in [0.15, 0.2) is 47.0 Å². The van der Waals surface area contributed by atoms with Gasteiger partial charge in [-0.1, -0.05) is 0 Å². The molecule has 158 valence electrons. The SMILES string of the molecule is Cc1nc2cc(-c3ccc4ncc(N5CC(N6CCOC[C@H]6C)C5)cc4n3)ccc2o1. The van der Waals surface area contributed by atoms with E-state index in [1.54, 1.807) is 0 Å². The smallest absolute Gasteiger partial charge is 0.192 e. The van der Waals surface area contributed by atoms with Crippen molar-refractivity contribution in [3.05, 3.63) is 48.5 Å². The number of morpholine rings is 1. The van der Waals surface area contributed by atoms with Crippen molar-refractivity contribution >= 4 is 27.8 Å². The summed E-state index contributed by atoms with van der Waals surface area (Å²) >= 11 is 0. The first-order chi connectivity index (χ1) is 15.1. The second-order valence-corrected chi connectivity index (χ2v) is 8.56. The van der Waals surface area contributed by atoms with Crippen molar-refractivity contribution in [3.8, 4) is 11.3 Å². The Labute approximate surface area is 180 Å². The lowest BCUT2D eigenvalue weighted by Gasteiger charge is -2.49. The highest BCUT2D eigenvalue weighted by atomic mass is 16.5. The molecule has 5 heterocycles. The fourth-order valence-corrected chi connectivity index (χ4v) is 4.69. The predicted molar refractivity (Wildman–Crippen MR) is 120 cm³/mol. The van der Waals surface area contributed by atoms with Crippen LogP contribution in [0, 0.1) is 6.92 Å². The fraction of sp³-hybridized carbons (Fsp3) is 0.375. The minimum Gasteiger partial charge on any atom is -0.441 e. The van der Waals surface area contributed by atoms with E-state index in [1.807, 2.05) is 43.5 Å². The van der Waals surface area contributed by atoms with E-state index in [0.717, 1.165) is 71.9 Å². The van der Waals surface area contributed by atoms with Crippen molar-refractivity contribution in [2.24, 2.45) is 0 Å². The van der Waals surface area contributed by atoms with Gasteiger partial charge in [-0.25, -0.2) is 9.97 Å². The van der Waals surface area contributed by atoms with E-state index in [9.17, 15) is 0 Å². The van der Waals surface area contributed by atoms with E-state index >= 15 is 0 Å². The van der Waals surface area contributed by atoms with E-state index in [4.69, 9.17) is 14.1 Å². The Morgan fingerprint density at radius 1 is 1.00 bits per heavy atom. The topological polar surface area (TPSA) is 67.5 Å². The number of benzene rings is 1.